The van der Waals surface area contributed by atoms with E-state index in [2.05, 4.69) is 19.1 Å². The molecule has 10 nitrogen and oxygen atoms in total. The van der Waals surface area contributed by atoms with Gasteiger partial charge in [-0.25, -0.2) is 0 Å². The average molecular weight is 252 g/mol. The summed E-state index contributed by atoms with van der Waals surface area (Å²) >= 11 is 0. The van der Waals surface area contributed by atoms with E-state index in [0.717, 1.165) is 0 Å². The molecule has 0 aromatic heterocycles. The Morgan fingerprint density at radius 1 is 0.824 bits per heavy atom. The van der Waals surface area contributed by atoms with Crippen LogP contribution in [0.3, 0.4) is 0 Å². The van der Waals surface area contributed by atoms with E-state index in [1.54, 1.807) is 0 Å². The Hall–Kier alpha value is -2.46. The molecule has 0 unspecified atom stereocenters. The van der Waals surface area contributed by atoms with Crippen LogP contribution in [0.25, 0.3) is 0 Å². The molecule has 0 saturated heterocycles. The van der Waals surface area contributed by atoms with Gasteiger partial charge in [0.2, 0.25) is 0 Å². The van der Waals surface area contributed by atoms with Gasteiger partial charge in [0, 0.05) is 0 Å². The van der Waals surface area contributed by atoms with E-state index in [1.165, 1.54) is 5.56 Å². The minimum absolute atomic E-state index is 0. The van der Waals surface area contributed by atoms with Crippen LogP contribution >= 0.6 is 0 Å². The van der Waals surface area contributed by atoms with Crippen molar-refractivity contribution < 1.29 is 10.2 Å². The fourth-order valence-electron chi connectivity index (χ4n) is 0.534. The minimum Gasteiger partial charge on any atom is -0.369 e. The zero-order valence-electron chi connectivity index (χ0n) is 9.73. The lowest BCUT2D eigenvalue weighted by atomic mass is 10.2. The van der Waals surface area contributed by atoms with Crippen molar-refractivity contribution in [3.63, 3.8) is 0 Å². The summed E-state index contributed by atoms with van der Waals surface area (Å²) in [6.07, 6.45) is 0. The van der Waals surface area contributed by atoms with Crippen LogP contribution in [0.1, 0.15) is 5.56 Å². The maximum atomic E-state index is 8.25. The first-order valence-electron chi connectivity index (χ1n) is 3.51. The highest BCUT2D eigenvalue weighted by molar-refractivity contribution is 5.11. The molecule has 0 bridgehead atoms. The molecular formula is C7H16N4O6. The number of benzene rings is 1. The van der Waals surface area contributed by atoms with Gasteiger partial charge < -0.3 is 42.9 Å². The molecule has 17 heavy (non-hydrogen) atoms. The third-order valence-electron chi connectivity index (χ3n) is 0.940. The summed E-state index contributed by atoms with van der Waals surface area (Å²) in [5.74, 6) is 0. The van der Waals surface area contributed by atoms with Gasteiger partial charge in [-0.15, -0.1) is 0 Å². The van der Waals surface area contributed by atoms with Crippen molar-refractivity contribution >= 4 is 0 Å². The molecule has 0 aliphatic carbocycles. The SMILES string of the molecule is Cc1ccccc1.O=[N+]([O-])[O-].O=[N+]([O-])[O-].[NH4+].[NH4+]. The summed E-state index contributed by atoms with van der Waals surface area (Å²) in [6.45, 7) is 2.08. The van der Waals surface area contributed by atoms with Crippen molar-refractivity contribution in [2.45, 2.75) is 6.92 Å². The topological polar surface area (TPSA) is 205 Å². The summed E-state index contributed by atoms with van der Waals surface area (Å²) in [5, 5.41) is 29.5. The quantitative estimate of drug-likeness (QED) is 0.522. The van der Waals surface area contributed by atoms with Gasteiger partial charge in [0.1, 0.15) is 0 Å². The highest BCUT2D eigenvalue weighted by Crippen LogP contribution is 1.92. The van der Waals surface area contributed by atoms with Crippen molar-refractivity contribution in [3.8, 4) is 0 Å². The first-order valence-corrected chi connectivity index (χ1v) is 3.51. The van der Waals surface area contributed by atoms with Crippen LogP contribution in [0, 0.1) is 37.6 Å². The molecule has 10 heteroatoms. The molecule has 1 aromatic rings. The van der Waals surface area contributed by atoms with Crippen LogP contribution in [0.5, 0.6) is 0 Å². The van der Waals surface area contributed by atoms with Crippen LogP contribution in [0.2, 0.25) is 0 Å². The molecule has 8 N–H and O–H groups in total. The zero-order chi connectivity index (χ0) is 12.3. The molecule has 100 valence electrons. The molecule has 0 saturated carbocycles. The minimum atomic E-state index is -1.75. The van der Waals surface area contributed by atoms with Crippen molar-refractivity contribution in [1.82, 2.24) is 12.3 Å². The Kier molecular flexibility index (Phi) is 22.6. The number of quaternary nitrogens is 2. The van der Waals surface area contributed by atoms with E-state index in [0.29, 0.717) is 0 Å². The smallest absolute Gasteiger partial charge is 0.0689 e. The third kappa shape index (κ3) is 58.8. The van der Waals surface area contributed by atoms with Gasteiger partial charge in [0.15, 0.2) is 0 Å². The van der Waals surface area contributed by atoms with Gasteiger partial charge in [0.25, 0.3) is 0 Å². The van der Waals surface area contributed by atoms with Crippen molar-refractivity contribution in [1.29, 1.82) is 0 Å². The molecule has 0 fully saturated rings. The zero-order valence-corrected chi connectivity index (χ0v) is 9.73. The first kappa shape index (κ1) is 24.0. The maximum Gasteiger partial charge on any atom is 0.0689 e. The van der Waals surface area contributed by atoms with E-state index >= 15 is 0 Å². The van der Waals surface area contributed by atoms with Gasteiger partial charge in [0.05, 0.1) is 10.2 Å². The number of nitrogens with zero attached hydrogens (tertiary/aromatic N) is 2. The second-order valence-corrected chi connectivity index (χ2v) is 2.10. The van der Waals surface area contributed by atoms with Crippen LogP contribution in [0.4, 0.5) is 0 Å². The normalized spacial score (nSPS) is 6.41. The Balaban J connectivity index is -0.0000000755. The molecule has 0 heterocycles. The van der Waals surface area contributed by atoms with E-state index in [9.17, 15) is 0 Å². The van der Waals surface area contributed by atoms with Gasteiger partial charge in [-0.2, -0.15) is 0 Å². The largest absolute Gasteiger partial charge is 0.369 e. The molecule has 0 aliphatic heterocycles. The highest BCUT2D eigenvalue weighted by atomic mass is 16.9. The molecule has 0 atom stereocenters. The van der Waals surface area contributed by atoms with E-state index in [4.69, 9.17) is 30.6 Å². The number of aryl methyl sites for hydroxylation is 1. The standard InChI is InChI=1S/C7H8.2NO3.2H3N/c1-7-5-3-2-4-6-7;2*2-1(3)4;;/h2-6H,1H3;;;2*1H3/q;2*-1;;/p+2. The van der Waals surface area contributed by atoms with Crippen molar-refractivity contribution in [2.24, 2.45) is 0 Å². The van der Waals surface area contributed by atoms with Crippen LogP contribution in [0.15, 0.2) is 30.3 Å². The monoisotopic (exact) mass is 252 g/mol. The number of rotatable bonds is 0. The van der Waals surface area contributed by atoms with Crippen LogP contribution in [-0.2, 0) is 0 Å². The number of hydrogen-bond acceptors (Lipinski definition) is 6. The summed E-state index contributed by atoms with van der Waals surface area (Å²) < 4.78 is 0. The fraction of sp³-hybridized carbons (Fsp3) is 0.143. The van der Waals surface area contributed by atoms with Gasteiger partial charge >= 0.3 is 0 Å². The molecule has 0 amide bonds. The Labute approximate surface area is 96.9 Å². The fourth-order valence-corrected chi connectivity index (χ4v) is 0.534. The molecule has 1 aromatic carbocycles. The van der Waals surface area contributed by atoms with Crippen LogP contribution < -0.4 is 12.3 Å². The predicted molar refractivity (Wildman–Crippen MR) is 63.9 cm³/mol. The molecule has 0 aliphatic rings. The molecule has 0 radical (unpaired) electrons. The Bertz CT molecular complexity index is 274. The molecular weight excluding hydrogens is 236 g/mol. The van der Waals surface area contributed by atoms with Gasteiger partial charge in [-0.05, 0) is 6.92 Å². The van der Waals surface area contributed by atoms with Crippen LogP contribution in [-0.4, -0.2) is 10.2 Å². The second kappa shape index (κ2) is 16.0. The Morgan fingerprint density at radius 3 is 1.18 bits per heavy atom. The predicted octanol–water partition coefficient (Wildman–Crippen LogP) is 2.27. The van der Waals surface area contributed by atoms with Gasteiger partial charge in [-0.3, -0.25) is 0 Å². The number of hydrogen-bond donors (Lipinski definition) is 2. The van der Waals surface area contributed by atoms with Crippen molar-refractivity contribution in [3.05, 3.63) is 66.5 Å². The Morgan fingerprint density at radius 2 is 1.06 bits per heavy atom. The first-order chi connectivity index (χ1) is 6.86. The third-order valence-corrected chi connectivity index (χ3v) is 0.940. The van der Waals surface area contributed by atoms with E-state index in [1.807, 2.05) is 18.2 Å². The van der Waals surface area contributed by atoms with Crippen molar-refractivity contribution in [2.75, 3.05) is 0 Å². The lowest BCUT2D eigenvalue weighted by molar-refractivity contribution is -0.403. The second-order valence-electron chi connectivity index (χ2n) is 2.10. The lowest BCUT2D eigenvalue weighted by Crippen LogP contribution is -1.74. The molecule has 0 spiro atoms. The molecule has 1 rings (SSSR count). The van der Waals surface area contributed by atoms with E-state index in [-0.39, 0.29) is 12.3 Å². The average Bonchev–Trinajstić information content (AvgIpc) is 2.03. The van der Waals surface area contributed by atoms with E-state index < -0.39 is 10.2 Å². The lowest BCUT2D eigenvalue weighted by Gasteiger charge is -1.82. The summed E-state index contributed by atoms with van der Waals surface area (Å²) in [6, 6.07) is 10.3. The van der Waals surface area contributed by atoms with Gasteiger partial charge in [-0.1, -0.05) is 35.9 Å². The summed E-state index contributed by atoms with van der Waals surface area (Å²) in [4.78, 5) is 16.5. The maximum absolute atomic E-state index is 8.25. The summed E-state index contributed by atoms with van der Waals surface area (Å²) in [5.41, 5.74) is 1.32. The highest BCUT2D eigenvalue weighted by Gasteiger charge is 1.72. The summed E-state index contributed by atoms with van der Waals surface area (Å²) in [7, 11) is 0.